The lowest BCUT2D eigenvalue weighted by Gasteiger charge is -2.08. The number of imidazole rings is 1. The van der Waals surface area contributed by atoms with Gasteiger partial charge in [-0.25, -0.2) is 9.97 Å². The highest BCUT2D eigenvalue weighted by Gasteiger charge is 2.20. The summed E-state index contributed by atoms with van der Waals surface area (Å²) in [7, 11) is 0. The minimum atomic E-state index is -0.372. The summed E-state index contributed by atoms with van der Waals surface area (Å²) in [6.45, 7) is 7.87. The Morgan fingerprint density at radius 1 is 1.24 bits per heavy atom. The number of rotatable bonds is 5. The Hall–Kier alpha value is -3.09. The van der Waals surface area contributed by atoms with E-state index in [-0.39, 0.29) is 17.5 Å². The summed E-state index contributed by atoms with van der Waals surface area (Å²) in [5.41, 5.74) is 3.85. The number of oxazole rings is 1. The fourth-order valence-corrected chi connectivity index (χ4v) is 2.44. The number of aromatic nitrogens is 3. The van der Waals surface area contributed by atoms with Gasteiger partial charge in [0.05, 0.1) is 18.6 Å². The van der Waals surface area contributed by atoms with Crippen molar-refractivity contribution in [2.24, 2.45) is 0 Å². The van der Waals surface area contributed by atoms with Gasteiger partial charge >= 0.3 is 5.95 Å². The number of hydrogen-bond donors (Lipinski definition) is 1. The predicted molar refractivity (Wildman–Crippen MR) is 93.4 cm³/mol. The molecule has 0 bridgehead atoms. The number of amides is 1. The average Bonchev–Trinajstić information content (AvgIpc) is 3.12. The number of nitrogens with zero attached hydrogens (tertiary/aromatic N) is 3. The molecule has 0 fully saturated rings. The number of carbonyl (C=O) groups excluding carboxylic acids is 1. The highest BCUT2D eigenvalue weighted by atomic mass is 16.6. The fourth-order valence-electron chi connectivity index (χ4n) is 2.44. The number of ether oxygens (including phenoxy) is 1. The minimum absolute atomic E-state index is 0.138. The van der Waals surface area contributed by atoms with E-state index in [1.54, 1.807) is 13.3 Å². The van der Waals surface area contributed by atoms with Gasteiger partial charge in [-0.2, -0.15) is 0 Å². The second-order valence-corrected chi connectivity index (χ2v) is 5.59. The van der Waals surface area contributed by atoms with Crippen LogP contribution in [0.25, 0.3) is 5.69 Å². The van der Waals surface area contributed by atoms with Crippen LogP contribution in [-0.4, -0.2) is 27.0 Å². The lowest BCUT2D eigenvalue weighted by Crippen LogP contribution is -2.14. The van der Waals surface area contributed by atoms with Crippen LogP contribution in [0.5, 0.6) is 5.95 Å². The standard InChI is InChI=1S/C18H20N4O3/c1-5-24-18-16(20-13(4)25-18)17(23)21-14-6-8-15(9-7-14)22-10-19-11(2)12(22)3/h6-10H,5H2,1-4H3,(H,21,23). The Labute approximate surface area is 145 Å². The van der Waals surface area contributed by atoms with Crippen molar-refractivity contribution in [2.75, 3.05) is 11.9 Å². The van der Waals surface area contributed by atoms with Crippen molar-refractivity contribution in [3.63, 3.8) is 0 Å². The molecular weight excluding hydrogens is 320 g/mol. The molecule has 0 atom stereocenters. The lowest BCUT2D eigenvalue weighted by atomic mass is 10.2. The van der Waals surface area contributed by atoms with Crippen molar-refractivity contribution >= 4 is 11.6 Å². The molecule has 0 spiro atoms. The number of hydrogen-bond acceptors (Lipinski definition) is 5. The number of nitrogens with one attached hydrogen (secondary N) is 1. The SMILES string of the molecule is CCOc1oc(C)nc1C(=O)Nc1ccc(-n2cnc(C)c2C)cc1. The van der Waals surface area contributed by atoms with Gasteiger partial charge in [-0.3, -0.25) is 4.79 Å². The van der Waals surface area contributed by atoms with Crippen molar-refractivity contribution in [2.45, 2.75) is 27.7 Å². The van der Waals surface area contributed by atoms with E-state index in [0.29, 0.717) is 18.2 Å². The summed E-state index contributed by atoms with van der Waals surface area (Å²) >= 11 is 0. The Kier molecular flexibility index (Phi) is 4.56. The van der Waals surface area contributed by atoms with E-state index < -0.39 is 0 Å². The molecule has 2 heterocycles. The number of anilines is 1. The van der Waals surface area contributed by atoms with E-state index in [4.69, 9.17) is 9.15 Å². The molecule has 1 aromatic carbocycles. The molecule has 0 radical (unpaired) electrons. The molecule has 0 saturated carbocycles. The monoisotopic (exact) mass is 340 g/mol. The van der Waals surface area contributed by atoms with E-state index in [0.717, 1.165) is 17.1 Å². The quantitative estimate of drug-likeness (QED) is 0.769. The summed E-state index contributed by atoms with van der Waals surface area (Å²) in [6.07, 6.45) is 1.78. The van der Waals surface area contributed by atoms with E-state index in [2.05, 4.69) is 15.3 Å². The molecule has 1 amide bonds. The fraction of sp³-hybridized carbons (Fsp3) is 0.278. The highest BCUT2D eigenvalue weighted by Crippen LogP contribution is 2.22. The summed E-state index contributed by atoms with van der Waals surface area (Å²) in [6, 6.07) is 7.49. The molecule has 0 aliphatic rings. The molecule has 3 rings (SSSR count). The first-order valence-electron chi connectivity index (χ1n) is 8.02. The molecule has 7 nitrogen and oxygen atoms in total. The van der Waals surface area contributed by atoms with Crippen LogP contribution in [0.4, 0.5) is 5.69 Å². The maximum atomic E-state index is 12.4. The molecule has 1 N–H and O–H groups in total. The molecule has 7 heteroatoms. The van der Waals surface area contributed by atoms with Crippen molar-refractivity contribution in [3.8, 4) is 11.6 Å². The van der Waals surface area contributed by atoms with E-state index in [9.17, 15) is 4.79 Å². The van der Waals surface area contributed by atoms with E-state index in [1.807, 2.05) is 49.6 Å². The third-order valence-electron chi connectivity index (χ3n) is 3.85. The van der Waals surface area contributed by atoms with Gasteiger partial charge in [-0.1, -0.05) is 0 Å². The van der Waals surface area contributed by atoms with Gasteiger partial charge in [0.25, 0.3) is 5.91 Å². The van der Waals surface area contributed by atoms with Crippen LogP contribution in [0.2, 0.25) is 0 Å². The smallest absolute Gasteiger partial charge is 0.318 e. The van der Waals surface area contributed by atoms with Crippen molar-refractivity contribution in [3.05, 3.63) is 53.6 Å². The zero-order valence-electron chi connectivity index (χ0n) is 14.7. The van der Waals surface area contributed by atoms with Gasteiger partial charge in [0.2, 0.25) is 5.69 Å². The second kappa shape index (κ2) is 6.80. The van der Waals surface area contributed by atoms with Crippen molar-refractivity contribution < 1.29 is 13.9 Å². The van der Waals surface area contributed by atoms with Gasteiger partial charge in [-0.05, 0) is 45.0 Å². The topological polar surface area (TPSA) is 82.2 Å². The van der Waals surface area contributed by atoms with Gasteiger partial charge in [-0.15, -0.1) is 0 Å². The predicted octanol–water partition coefficient (Wildman–Crippen LogP) is 3.44. The molecule has 0 aliphatic carbocycles. The third-order valence-corrected chi connectivity index (χ3v) is 3.85. The number of benzene rings is 1. The largest absolute Gasteiger partial charge is 0.464 e. The third kappa shape index (κ3) is 3.40. The van der Waals surface area contributed by atoms with Crippen LogP contribution < -0.4 is 10.1 Å². The van der Waals surface area contributed by atoms with Gasteiger partial charge in [0.15, 0.2) is 5.89 Å². The van der Waals surface area contributed by atoms with Crippen LogP contribution in [-0.2, 0) is 0 Å². The van der Waals surface area contributed by atoms with Crippen LogP contribution in [0.1, 0.15) is 34.7 Å². The first-order chi connectivity index (χ1) is 12.0. The maximum absolute atomic E-state index is 12.4. The molecule has 0 aliphatic heterocycles. The average molecular weight is 340 g/mol. The normalized spacial score (nSPS) is 10.7. The molecule has 130 valence electrons. The van der Waals surface area contributed by atoms with E-state index in [1.165, 1.54) is 0 Å². The van der Waals surface area contributed by atoms with Crippen LogP contribution in [0.15, 0.2) is 35.0 Å². The first kappa shape index (κ1) is 16.8. The van der Waals surface area contributed by atoms with E-state index >= 15 is 0 Å². The molecule has 0 unspecified atom stereocenters. The zero-order chi connectivity index (χ0) is 18.0. The van der Waals surface area contributed by atoms with Crippen molar-refractivity contribution in [1.29, 1.82) is 0 Å². The maximum Gasteiger partial charge on any atom is 0.318 e. The second-order valence-electron chi connectivity index (χ2n) is 5.59. The number of carbonyl (C=O) groups is 1. The van der Waals surface area contributed by atoms with Gasteiger partial charge in [0.1, 0.15) is 0 Å². The number of aryl methyl sites for hydroxylation is 2. The summed E-state index contributed by atoms with van der Waals surface area (Å²) in [4.78, 5) is 20.8. The van der Waals surface area contributed by atoms with Crippen LogP contribution in [0.3, 0.4) is 0 Å². The van der Waals surface area contributed by atoms with Gasteiger partial charge < -0.3 is 19.0 Å². The Morgan fingerprint density at radius 2 is 1.96 bits per heavy atom. The highest BCUT2D eigenvalue weighted by molar-refractivity contribution is 6.04. The summed E-state index contributed by atoms with van der Waals surface area (Å²) < 4.78 is 12.6. The lowest BCUT2D eigenvalue weighted by molar-refractivity contribution is 0.101. The molecule has 3 aromatic rings. The van der Waals surface area contributed by atoms with Crippen molar-refractivity contribution in [1.82, 2.24) is 14.5 Å². The molecule has 2 aromatic heterocycles. The summed E-state index contributed by atoms with van der Waals surface area (Å²) in [5, 5.41) is 2.80. The van der Waals surface area contributed by atoms with Crippen LogP contribution >= 0.6 is 0 Å². The van der Waals surface area contributed by atoms with Gasteiger partial charge in [0, 0.05) is 24.0 Å². The summed E-state index contributed by atoms with van der Waals surface area (Å²) in [5.74, 6) is 0.149. The Balaban J connectivity index is 1.77. The zero-order valence-corrected chi connectivity index (χ0v) is 14.7. The Morgan fingerprint density at radius 3 is 2.56 bits per heavy atom. The van der Waals surface area contributed by atoms with Crippen LogP contribution in [0, 0.1) is 20.8 Å². The minimum Gasteiger partial charge on any atom is -0.464 e. The molecular formula is C18H20N4O3. The first-order valence-corrected chi connectivity index (χ1v) is 8.02. The Bertz CT molecular complexity index is 894. The molecule has 0 saturated heterocycles. The molecule has 25 heavy (non-hydrogen) atoms.